The molecule has 0 spiro atoms. The maximum absolute atomic E-state index is 13.7. The molecule has 3 heterocycles. The molecule has 2 aromatic heterocycles. The number of piperazine rings is 1. The molecule has 1 aliphatic rings. The van der Waals surface area contributed by atoms with Crippen molar-refractivity contribution >= 4 is 27.5 Å². The highest BCUT2D eigenvalue weighted by Crippen LogP contribution is 2.34. The van der Waals surface area contributed by atoms with Crippen LogP contribution in [0.5, 0.6) is 0 Å². The Kier molecular flexibility index (Phi) is 5.46. The van der Waals surface area contributed by atoms with Gasteiger partial charge in [-0.15, -0.1) is 11.3 Å². The number of aromatic nitrogens is 2. The molecule has 0 bridgehead atoms. The first-order valence-corrected chi connectivity index (χ1v) is 10.2. The van der Waals surface area contributed by atoms with Gasteiger partial charge in [0.25, 0.3) is 0 Å². The number of hydrogen-bond acceptors (Lipinski definition) is 5. The molecule has 0 saturated carbocycles. The first-order chi connectivity index (χ1) is 13.8. The van der Waals surface area contributed by atoms with E-state index in [1.807, 2.05) is 11.9 Å². The van der Waals surface area contributed by atoms with Crippen LogP contribution in [0.4, 0.5) is 13.2 Å². The molecule has 4 rings (SSSR count). The van der Waals surface area contributed by atoms with Crippen LogP contribution in [0.25, 0.3) is 10.3 Å². The predicted octanol–water partition coefficient (Wildman–Crippen LogP) is 3.82. The third-order valence-corrected chi connectivity index (χ3v) is 6.02. The third kappa shape index (κ3) is 4.52. The highest BCUT2D eigenvalue weighted by molar-refractivity contribution is 7.16. The summed E-state index contributed by atoms with van der Waals surface area (Å²) in [5, 5.41) is 0. The van der Waals surface area contributed by atoms with Crippen LogP contribution in [0, 0.1) is 0 Å². The number of halogens is 3. The lowest BCUT2D eigenvalue weighted by atomic mass is 9.99. The first-order valence-electron chi connectivity index (χ1n) is 9.35. The van der Waals surface area contributed by atoms with Gasteiger partial charge in [-0.25, -0.2) is 4.98 Å². The van der Waals surface area contributed by atoms with E-state index in [0.29, 0.717) is 16.8 Å². The summed E-state index contributed by atoms with van der Waals surface area (Å²) in [6.45, 7) is 3.43. The fraction of sp³-hybridized carbons (Fsp3) is 0.400. The molecule has 0 atom stereocenters. The van der Waals surface area contributed by atoms with Crippen LogP contribution in [-0.2, 0) is 19.1 Å². The minimum Gasteiger partial charge on any atom is -0.342 e. The van der Waals surface area contributed by atoms with Crippen molar-refractivity contribution in [2.45, 2.75) is 19.1 Å². The Morgan fingerprint density at radius 3 is 2.66 bits per heavy atom. The molecule has 0 radical (unpaired) electrons. The van der Waals surface area contributed by atoms with Gasteiger partial charge in [0.15, 0.2) is 5.78 Å². The second-order valence-corrected chi connectivity index (χ2v) is 8.27. The SMILES string of the molecule is CN1CCN(Cc2ccc(CC(=O)c3cc4ncsc4[nH]3)cc2C(F)(F)F)CC1. The Labute approximate surface area is 170 Å². The molecular weight excluding hydrogens is 401 g/mol. The van der Waals surface area contributed by atoms with Crippen molar-refractivity contribution in [1.82, 2.24) is 19.8 Å². The van der Waals surface area contributed by atoms with E-state index in [1.165, 1.54) is 17.4 Å². The molecule has 29 heavy (non-hydrogen) atoms. The lowest BCUT2D eigenvalue weighted by molar-refractivity contribution is -0.138. The molecule has 9 heteroatoms. The number of hydrogen-bond donors (Lipinski definition) is 1. The predicted molar refractivity (Wildman–Crippen MR) is 106 cm³/mol. The molecule has 1 saturated heterocycles. The van der Waals surface area contributed by atoms with Crippen LogP contribution in [0.15, 0.2) is 29.8 Å². The largest absolute Gasteiger partial charge is 0.416 e. The number of ketones is 1. The average Bonchev–Trinajstić information content (AvgIpc) is 3.26. The minimum atomic E-state index is -4.46. The van der Waals surface area contributed by atoms with Gasteiger partial charge in [0.2, 0.25) is 0 Å². The van der Waals surface area contributed by atoms with E-state index in [0.717, 1.165) is 37.1 Å². The summed E-state index contributed by atoms with van der Waals surface area (Å²) >= 11 is 1.38. The molecular formula is C20H21F3N4OS. The number of thiazole rings is 1. The number of benzene rings is 1. The number of Topliss-reactive ketones (excluding diaryl/α,β-unsaturated/α-hetero) is 1. The number of carbonyl (C=O) groups is 1. The summed E-state index contributed by atoms with van der Waals surface area (Å²) in [5.41, 5.74) is 2.68. The topological polar surface area (TPSA) is 52.2 Å². The molecule has 1 fully saturated rings. The summed E-state index contributed by atoms with van der Waals surface area (Å²) in [7, 11) is 2.01. The number of carbonyl (C=O) groups excluding carboxylic acids is 1. The number of likely N-dealkylation sites (N-methyl/N-ethyl adjacent to an activating group) is 1. The van der Waals surface area contributed by atoms with Crippen LogP contribution >= 0.6 is 11.3 Å². The maximum atomic E-state index is 13.7. The van der Waals surface area contributed by atoms with Gasteiger partial charge in [-0.05, 0) is 30.3 Å². The Morgan fingerprint density at radius 1 is 1.21 bits per heavy atom. The highest BCUT2D eigenvalue weighted by atomic mass is 32.1. The van der Waals surface area contributed by atoms with E-state index < -0.39 is 11.7 Å². The van der Waals surface area contributed by atoms with Gasteiger partial charge in [0.1, 0.15) is 10.3 Å². The molecule has 1 aliphatic heterocycles. The van der Waals surface area contributed by atoms with Crippen molar-refractivity contribution in [1.29, 1.82) is 0 Å². The molecule has 1 N–H and O–H groups in total. The summed E-state index contributed by atoms with van der Waals surface area (Å²) in [5.74, 6) is -0.254. The summed E-state index contributed by atoms with van der Waals surface area (Å²) in [6, 6.07) is 5.90. The number of aromatic amines is 1. The number of alkyl halides is 3. The molecule has 0 amide bonds. The van der Waals surface area contributed by atoms with E-state index >= 15 is 0 Å². The lowest BCUT2D eigenvalue weighted by Gasteiger charge is -2.33. The molecule has 3 aromatic rings. The number of nitrogens with one attached hydrogen (secondary N) is 1. The second-order valence-electron chi connectivity index (χ2n) is 7.42. The van der Waals surface area contributed by atoms with Crippen molar-refractivity contribution in [2.24, 2.45) is 0 Å². The number of nitrogens with zero attached hydrogens (tertiary/aromatic N) is 3. The zero-order chi connectivity index (χ0) is 20.6. The van der Waals surface area contributed by atoms with Crippen LogP contribution in [-0.4, -0.2) is 58.8 Å². The second kappa shape index (κ2) is 7.89. The van der Waals surface area contributed by atoms with E-state index in [4.69, 9.17) is 0 Å². The summed E-state index contributed by atoms with van der Waals surface area (Å²) < 4.78 is 41.0. The molecule has 0 unspecified atom stereocenters. The van der Waals surface area contributed by atoms with Crippen molar-refractivity contribution in [3.05, 3.63) is 52.2 Å². The van der Waals surface area contributed by atoms with Crippen LogP contribution in [0.3, 0.4) is 0 Å². The van der Waals surface area contributed by atoms with E-state index in [9.17, 15) is 18.0 Å². The fourth-order valence-corrected chi connectivity index (χ4v) is 4.23. The van der Waals surface area contributed by atoms with Gasteiger partial charge in [-0.3, -0.25) is 9.69 Å². The zero-order valence-corrected chi connectivity index (χ0v) is 16.7. The lowest BCUT2D eigenvalue weighted by Crippen LogP contribution is -2.44. The molecule has 1 aromatic carbocycles. The van der Waals surface area contributed by atoms with Gasteiger partial charge in [-0.1, -0.05) is 12.1 Å². The Morgan fingerprint density at radius 2 is 1.97 bits per heavy atom. The van der Waals surface area contributed by atoms with E-state index in [-0.39, 0.29) is 24.3 Å². The molecule has 0 aliphatic carbocycles. The number of fused-ring (bicyclic) bond motifs is 1. The number of rotatable bonds is 5. The Balaban J connectivity index is 1.53. The van der Waals surface area contributed by atoms with Crippen LogP contribution < -0.4 is 0 Å². The van der Waals surface area contributed by atoms with Crippen LogP contribution in [0.1, 0.15) is 27.2 Å². The van der Waals surface area contributed by atoms with Gasteiger partial charge in [0.05, 0.1) is 16.8 Å². The maximum Gasteiger partial charge on any atom is 0.416 e. The van der Waals surface area contributed by atoms with Crippen molar-refractivity contribution in [2.75, 3.05) is 33.2 Å². The summed E-state index contributed by atoms with van der Waals surface area (Å²) in [6.07, 6.45) is -4.55. The monoisotopic (exact) mass is 422 g/mol. The van der Waals surface area contributed by atoms with E-state index in [2.05, 4.69) is 14.9 Å². The van der Waals surface area contributed by atoms with Crippen LogP contribution in [0.2, 0.25) is 0 Å². The zero-order valence-electron chi connectivity index (χ0n) is 15.9. The third-order valence-electron chi connectivity index (χ3n) is 5.26. The fourth-order valence-electron chi connectivity index (χ4n) is 3.56. The first kappa shape index (κ1) is 20.1. The van der Waals surface area contributed by atoms with Crippen molar-refractivity contribution in [3.63, 3.8) is 0 Å². The Bertz CT molecular complexity index is 990. The van der Waals surface area contributed by atoms with Gasteiger partial charge in [0, 0.05) is 39.1 Å². The highest BCUT2D eigenvalue weighted by Gasteiger charge is 2.34. The Hall–Kier alpha value is -2.23. The molecule has 5 nitrogen and oxygen atoms in total. The normalized spacial score (nSPS) is 16.6. The number of H-pyrrole nitrogens is 1. The van der Waals surface area contributed by atoms with Crippen molar-refractivity contribution < 1.29 is 18.0 Å². The van der Waals surface area contributed by atoms with Crippen molar-refractivity contribution in [3.8, 4) is 0 Å². The smallest absolute Gasteiger partial charge is 0.342 e. The minimum absolute atomic E-state index is 0.0916. The standard InChI is InChI=1S/C20H21F3N4OS/c1-26-4-6-27(7-5-26)11-14-3-2-13(8-15(14)20(21,22)23)9-18(28)16-10-17-19(25-16)29-12-24-17/h2-3,8,10,12,25H,4-7,9,11H2,1H3. The average molecular weight is 422 g/mol. The molecule has 154 valence electrons. The quantitative estimate of drug-likeness (QED) is 0.636. The van der Waals surface area contributed by atoms with Gasteiger partial charge >= 0.3 is 6.18 Å². The van der Waals surface area contributed by atoms with E-state index in [1.54, 1.807) is 17.6 Å². The van der Waals surface area contributed by atoms with Gasteiger partial charge in [-0.2, -0.15) is 13.2 Å². The van der Waals surface area contributed by atoms with Gasteiger partial charge < -0.3 is 9.88 Å². The summed E-state index contributed by atoms with van der Waals surface area (Å²) in [4.78, 5) is 24.6.